The van der Waals surface area contributed by atoms with Gasteiger partial charge in [-0.05, 0) is 70.6 Å². The molecule has 7 aromatic rings. The molecule has 0 spiro atoms. The van der Waals surface area contributed by atoms with E-state index in [9.17, 15) is 15.3 Å². The molecule has 0 atom stereocenters. The Labute approximate surface area is 224 Å². The predicted octanol–water partition coefficient (Wildman–Crippen LogP) is 7.43. The number of rotatable bonds is 2. The number of pyridine rings is 1. The van der Waals surface area contributed by atoms with Gasteiger partial charge in [0.2, 0.25) is 0 Å². The summed E-state index contributed by atoms with van der Waals surface area (Å²) in [7, 11) is 0. The van der Waals surface area contributed by atoms with Crippen LogP contribution in [0.2, 0.25) is 0 Å². The predicted molar refractivity (Wildman–Crippen MR) is 153 cm³/mol. The fourth-order valence-electron chi connectivity index (χ4n) is 5.27. The van der Waals surface area contributed by atoms with Crippen LogP contribution in [0.15, 0.2) is 100 Å². The Kier molecular flexibility index (Phi) is 4.81. The van der Waals surface area contributed by atoms with Gasteiger partial charge in [0.1, 0.15) is 5.65 Å². The molecule has 7 rings (SSSR count). The van der Waals surface area contributed by atoms with Gasteiger partial charge in [0.25, 0.3) is 5.56 Å². The van der Waals surface area contributed by atoms with Crippen LogP contribution >= 0.6 is 15.9 Å². The molecule has 0 N–H and O–H groups in total. The molecule has 176 valence electrons. The van der Waals surface area contributed by atoms with E-state index in [4.69, 9.17) is 4.98 Å². The van der Waals surface area contributed by atoms with Gasteiger partial charge in [-0.3, -0.25) is 9.20 Å². The van der Waals surface area contributed by atoms with Gasteiger partial charge in [0.05, 0.1) is 34.3 Å². The number of aromatic nitrogens is 2. The quantitative estimate of drug-likeness (QED) is 0.224. The Morgan fingerprint density at radius 1 is 0.711 bits per heavy atom. The minimum atomic E-state index is -0.124. The summed E-state index contributed by atoms with van der Waals surface area (Å²) in [6.07, 6.45) is 0. The van der Waals surface area contributed by atoms with Crippen molar-refractivity contribution in [2.45, 2.75) is 0 Å². The molecule has 38 heavy (non-hydrogen) atoms. The highest BCUT2D eigenvalue weighted by molar-refractivity contribution is 9.10. The second kappa shape index (κ2) is 8.24. The van der Waals surface area contributed by atoms with Gasteiger partial charge >= 0.3 is 0 Å². The van der Waals surface area contributed by atoms with Gasteiger partial charge in [0.15, 0.2) is 0 Å². The maximum absolute atomic E-state index is 14.0. The number of imidazole rings is 1. The van der Waals surface area contributed by atoms with Crippen molar-refractivity contribution in [3.63, 3.8) is 0 Å². The zero-order chi connectivity index (χ0) is 26.0. The summed E-state index contributed by atoms with van der Waals surface area (Å²) >= 11 is 3.63. The van der Waals surface area contributed by atoms with Crippen LogP contribution in [0.25, 0.3) is 60.5 Å². The van der Waals surface area contributed by atoms with Gasteiger partial charge in [-0.1, -0.05) is 58.4 Å². The molecule has 2 heterocycles. The van der Waals surface area contributed by atoms with Crippen molar-refractivity contribution in [3.05, 3.63) is 117 Å². The fourth-order valence-corrected chi connectivity index (χ4v) is 5.73. The van der Waals surface area contributed by atoms with Gasteiger partial charge in [-0.2, -0.15) is 10.5 Å². The van der Waals surface area contributed by atoms with Crippen molar-refractivity contribution in [1.82, 2.24) is 9.38 Å². The lowest BCUT2D eigenvalue weighted by atomic mass is 9.96. The van der Waals surface area contributed by atoms with Gasteiger partial charge in [-0.15, -0.1) is 0 Å². The lowest BCUT2D eigenvalue weighted by Crippen LogP contribution is -2.13. The summed E-state index contributed by atoms with van der Waals surface area (Å²) < 4.78 is 2.64. The first kappa shape index (κ1) is 22.2. The van der Waals surface area contributed by atoms with Crippen LogP contribution in [0.5, 0.6) is 0 Å². The van der Waals surface area contributed by atoms with Crippen molar-refractivity contribution in [2.75, 3.05) is 0 Å². The average Bonchev–Trinajstić information content (AvgIpc) is 3.36. The molecule has 5 nitrogen and oxygen atoms in total. The van der Waals surface area contributed by atoms with Crippen molar-refractivity contribution in [3.8, 4) is 34.4 Å². The number of hydrogen-bond acceptors (Lipinski definition) is 4. The fraction of sp³-hybridized carbons (Fsp3) is 0. The lowest BCUT2D eigenvalue weighted by Gasteiger charge is -2.10. The first-order chi connectivity index (χ1) is 18.6. The highest BCUT2D eigenvalue weighted by Crippen LogP contribution is 2.38. The molecule has 0 aliphatic carbocycles. The molecule has 0 amide bonds. The first-order valence-electron chi connectivity index (χ1n) is 11.9. The number of fused-ring (bicyclic) bond motifs is 4. The molecule has 0 saturated heterocycles. The molecular formula is C32H15BrN4O. The van der Waals surface area contributed by atoms with E-state index in [0.29, 0.717) is 33.2 Å². The van der Waals surface area contributed by atoms with Crippen molar-refractivity contribution in [2.24, 2.45) is 0 Å². The topological polar surface area (TPSA) is 81.9 Å². The zero-order valence-corrected chi connectivity index (χ0v) is 21.3. The summed E-state index contributed by atoms with van der Waals surface area (Å²) in [5, 5.41) is 21.9. The summed E-state index contributed by atoms with van der Waals surface area (Å²) in [4.78, 5) is 19.0. The number of benzene rings is 5. The van der Waals surface area contributed by atoms with Crippen LogP contribution in [0.1, 0.15) is 11.1 Å². The van der Waals surface area contributed by atoms with Crippen LogP contribution in [-0.2, 0) is 0 Å². The maximum atomic E-state index is 14.0. The number of halogens is 1. The molecule has 6 heteroatoms. The van der Waals surface area contributed by atoms with E-state index in [1.54, 1.807) is 28.7 Å². The van der Waals surface area contributed by atoms with Gasteiger partial charge in [0, 0.05) is 26.2 Å². The maximum Gasteiger partial charge on any atom is 0.264 e. The Hall–Kier alpha value is -5.04. The highest BCUT2D eigenvalue weighted by Gasteiger charge is 2.20. The second-order valence-electron chi connectivity index (χ2n) is 9.17. The van der Waals surface area contributed by atoms with E-state index in [1.165, 1.54) is 0 Å². The van der Waals surface area contributed by atoms with Crippen LogP contribution in [0.3, 0.4) is 0 Å². The summed E-state index contributed by atoms with van der Waals surface area (Å²) in [5.74, 6) is 0. The van der Waals surface area contributed by atoms with E-state index in [0.717, 1.165) is 42.9 Å². The molecule has 0 aliphatic rings. The van der Waals surface area contributed by atoms with Crippen LogP contribution in [0, 0.1) is 22.7 Å². The van der Waals surface area contributed by atoms with Gasteiger partial charge in [-0.25, -0.2) is 4.98 Å². The highest BCUT2D eigenvalue weighted by atomic mass is 79.9. The molecule has 0 aliphatic heterocycles. The molecule has 0 radical (unpaired) electrons. The van der Waals surface area contributed by atoms with Crippen molar-refractivity contribution < 1.29 is 0 Å². The number of hydrogen-bond donors (Lipinski definition) is 0. The van der Waals surface area contributed by atoms with Crippen molar-refractivity contribution >= 4 is 54.2 Å². The molecule has 0 saturated carbocycles. The zero-order valence-electron chi connectivity index (χ0n) is 19.7. The standard InChI is InChI=1S/C32H15BrN4O/c33-27-13-12-25-29-23(27)2-1-3-24(29)31-36-30-26(21-10-6-19(17-35)7-11-21)14-22(15-28(30)37(31)32(25)38)20-8-4-18(16-34)5-9-20/h1-15H. The van der Waals surface area contributed by atoms with Crippen molar-refractivity contribution in [1.29, 1.82) is 10.5 Å². The average molecular weight is 551 g/mol. The molecule has 0 fully saturated rings. The minimum Gasteiger partial charge on any atom is -0.268 e. The molecular weight excluding hydrogens is 536 g/mol. The third-order valence-electron chi connectivity index (χ3n) is 7.09. The smallest absolute Gasteiger partial charge is 0.264 e. The molecule has 0 unspecified atom stereocenters. The van der Waals surface area contributed by atoms with Gasteiger partial charge < -0.3 is 0 Å². The third kappa shape index (κ3) is 3.15. The minimum absolute atomic E-state index is 0.124. The van der Waals surface area contributed by atoms with Crippen LogP contribution < -0.4 is 5.56 Å². The molecule has 0 bridgehead atoms. The first-order valence-corrected chi connectivity index (χ1v) is 12.7. The lowest BCUT2D eigenvalue weighted by molar-refractivity contribution is 1.19. The van der Waals surface area contributed by atoms with Crippen LogP contribution in [-0.4, -0.2) is 9.38 Å². The Morgan fingerprint density at radius 2 is 1.37 bits per heavy atom. The number of nitrogens with zero attached hydrogens (tertiary/aromatic N) is 4. The Balaban J connectivity index is 1.65. The summed E-state index contributed by atoms with van der Waals surface area (Å²) in [5.41, 5.74) is 6.62. The third-order valence-corrected chi connectivity index (χ3v) is 7.79. The largest absolute Gasteiger partial charge is 0.268 e. The second-order valence-corrected chi connectivity index (χ2v) is 10.0. The van der Waals surface area contributed by atoms with E-state index in [-0.39, 0.29) is 5.56 Å². The SMILES string of the molecule is N#Cc1ccc(-c2cc(-c3ccc(C#N)cc3)c3nc4c5cccc6c(Br)ccc(c(=O)n4c3c2)c65)cc1. The van der Waals surface area contributed by atoms with E-state index >= 15 is 0 Å². The van der Waals surface area contributed by atoms with Crippen LogP contribution in [0.4, 0.5) is 0 Å². The van der Waals surface area contributed by atoms with E-state index < -0.39 is 0 Å². The summed E-state index contributed by atoms with van der Waals surface area (Å²) in [6, 6.07) is 32.9. The Bertz CT molecular complexity index is 2220. The Morgan fingerprint density at radius 3 is 2.05 bits per heavy atom. The van der Waals surface area contributed by atoms with E-state index in [1.807, 2.05) is 60.7 Å². The molecule has 2 aromatic heterocycles. The monoisotopic (exact) mass is 550 g/mol. The normalized spacial score (nSPS) is 11.3. The molecule has 5 aromatic carbocycles. The number of nitriles is 2. The van der Waals surface area contributed by atoms with E-state index in [2.05, 4.69) is 34.1 Å². The summed E-state index contributed by atoms with van der Waals surface area (Å²) in [6.45, 7) is 0.